The number of hydrogen-bond acceptors (Lipinski definition) is 5. The van der Waals surface area contributed by atoms with E-state index in [4.69, 9.17) is 0 Å². The fraction of sp³-hybridized carbons (Fsp3) is 0.438. The van der Waals surface area contributed by atoms with Gasteiger partial charge >= 0.3 is 5.69 Å². The zero-order chi connectivity index (χ0) is 17.2. The van der Waals surface area contributed by atoms with Gasteiger partial charge in [-0.3, -0.25) is 4.90 Å². The third-order valence-electron chi connectivity index (χ3n) is 4.60. The number of fused-ring (bicyclic) bond motifs is 1. The molecule has 1 aliphatic rings. The standard InChI is InChI=1S/C16H20FN7O/c17-4-5-24-14(18-11-19-24)10-22-6-8-23(9-7-22)13-3-1-2-12-15(13)21-16(25)20-12/h1-3,11H,4-10H2,(H2,20,21,25). The number of anilines is 1. The second-order valence-corrected chi connectivity index (χ2v) is 6.13. The number of halogens is 1. The fourth-order valence-electron chi connectivity index (χ4n) is 3.33. The quantitative estimate of drug-likeness (QED) is 0.712. The molecule has 0 radical (unpaired) electrons. The average molecular weight is 345 g/mol. The lowest BCUT2D eigenvalue weighted by Gasteiger charge is -2.36. The lowest BCUT2D eigenvalue weighted by molar-refractivity contribution is 0.238. The summed E-state index contributed by atoms with van der Waals surface area (Å²) in [5.41, 5.74) is 2.53. The molecule has 0 unspecified atom stereocenters. The molecule has 132 valence electrons. The van der Waals surface area contributed by atoms with Gasteiger partial charge in [0.1, 0.15) is 18.8 Å². The molecule has 9 heteroatoms. The van der Waals surface area contributed by atoms with Gasteiger partial charge in [-0.25, -0.2) is 18.9 Å². The van der Waals surface area contributed by atoms with Crippen molar-refractivity contribution in [3.8, 4) is 0 Å². The Hall–Kier alpha value is -2.68. The van der Waals surface area contributed by atoms with Gasteiger partial charge in [-0.05, 0) is 12.1 Å². The number of alkyl halides is 1. The number of aromatic nitrogens is 5. The second-order valence-electron chi connectivity index (χ2n) is 6.13. The predicted octanol–water partition coefficient (Wildman–Crippen LogP) is 0.739. The van der Waals surface area contributed by atoms with Gasteiger partial charge in [-0.15, -0.1) is 0 Å². The number of nitrogens with one attached hydrogen (secondary N) is 2. The lowest BCUT2D eigenvalue weighted by atomic mass is 10.2. The minimum atomic E-state index is -0.441. The number of aromatic amines is 2. The van der Waals surface area contributed by atoms with E-state index in [1.165, 1.54) is 6.33 Å². The van der Waals surface area contributed by atoms with Crippen molar-refractivity contribution in [3.05, 3.63) is 40.8 Å². The van der Waals surface area contributed by atoms with Gasteiger partial charge in [0.2, 0.25) is 0 Å². The van der Waals surface area contributed by atoms with Crippen LogP contribution < -0.4 is 10.6 Å². The predicted molar refractivity (Wildman–Crippen MR) is 92.4 cm³/mol. The highest BCUT2D eigenvalue weighted by atomic mass is 19.1. The van der Waals surface area contributed by atoms with Gasteiger partial charge in [0.15, 0.2) is 0 Å². The Labute approximate surface area is 143 Å². The SMILES string of the molecule is O=c1[nH]c2cccc(N3CCN(Cc4ncnn4CCF)CC3)c2[nH]1. The Bertz CT molecular complexity index is 906. The normalized spacial score (nSPS) is 16.0. The van der Waals surface area contributed by atoms with Crippen molar-refractivity contribution in [1.82, 2.24) is 29.6 Å². The number of rotatable bonds is 5. The highest BCUT2D eigenvalue weighted by Gasteiger charge is 2.21. The molecule has 2 aromatic heterocycles. The van der Waals surface area contributed by atoms with Crippen molar-refractivity contribution in [3.63, 3.8) is 0 Å². The molecule has 0 bridgehead atoms. The number of piperazine rings is 1. The van der Waals surface area contributed by atoms with Gasteiger partial charge in [0, 0.05) is 26.2 Å². The molecule has 4 rings (SSSR count). The third kappa shape index (κ3) is 3.14. The van der Waals surface area contributed by atoms with Crippen LogP contribution in [0.2, 0.25) is 0 Å². The summed E-state index contributed by atoms with van der Waals surface area (Å²) in [6.07, 6.45) is 1.48. The van der Waals surface area contributed by atoms with Crippen molar-refractivity contribution < 1.29 is 4.39 Å². The zero-order valence-corrected chi connectivity index (χ0v) is 13.8. The van der Waals surface area contributed by atoms with E-state index in [9.17, 15) is 9.18 Å². The van der Waals surface area contributed by atoms with Crippen molar-refractivity contribution in [2.75, 3.05) is 37.8 Å². The van der Waals surface area contributed by atoms with Gasteiger partial charge in [0.25, 0.3) is 0 Å². The Morgan fingerprint density at radius 1 is 1.16 bits per heavy atom. The third-order valence-corrected chi connectivity index (χ3v) is 4.60. The Morgan fingerprint density at radius 3 is 2.80 bits per heavy atom. The monoisotopic (exact) mass is 345 g/mol. The average Bonchev–Trinajstić information content (AvgIpc) is 3.21. The van der Waals surface area contributed by atoms with Crippen LogP contribution in [0, 0.1) is 0 Å². The van der Waals surface area contributed by atoms with Crippen LogP contribution in [0.15, 0.2) is 29.3 Å². The second kappa shape index (κ2) is 6.67. The molecular weight excluding hydrogens is 325 g/mol. The highest BCUT2D eigenvalue weighted by molar-refractivity contribution is 5.88. The molecule has 8 nitrogen and oxygen atoms in total. The van der Waals surface area contributed by atoms with E-state index in [-0.39, 0.29) is 12.2 Å². The number of benzene rings is 1. The van der Waals surface area contributed by atoms with Gasteiger partial charge in [-0.1, -0.05) is 6.07 Å². The van der Waals surface area contributed by atoms with E-state index in [1.807, 2.05) is 18.2 Å². The van der Waals surface area contributed by atoms with Gasteiger partial charge < -0.3 is 14.9 Å². The van der Waals surface area contributed by atoms with Crippen LogP contribution in [0.25, 0.3) is 11.0 Å². The van der Waals surface area contributed by atoms with Crippen LogP contribution in [0.5, 0.6) is 0 Å². The minimum absolute atomic E-state index is 0.187. The zero-order valence-electron chi connectivity index (χ0n) is 13.8. The summed E-state index contributed by atoms with van der Waals surface area (Å²) in [4.78, 5) is 26.0. The maximum Gasteiger partial charge on any atom is 0.323 e. The van der Waals surface area contributed by atoms with Crippen LogP contribution in [0.1, 0.15) is 5.82 Å². The number of aryl methyl sites for hydroxylation is 1. The number of hydrogen-bond donors (Lipinski definition) is 2. The highest BCUT2D eigenvalue weighted by Crippen LogP contribution is 2.24. The molecule has 1 fully saturated rings. The molecule has 0 aliphatic carbocycles. The van der Waals surface area contributed by atoms with E-state index in [0.717, 1.165) is 48.7 Å². The molecule has 0 atom stereocenters. The molecule has 3 heterocycles. The summed E-state index contributed by atoms with van der Waals surface area (Å²) in [7, 11) is 0. The van der Waals surface area contributed by atoms with Crippen LogP contribution in [-0.4, -0.2) is 62.5 Å². The van der Waals surface area contributed by atoms with E-state index >= 15 is 0 Å². The molecule has 0 saturated carbocycles. The maximum atomic E-state index is 12.5. The van der Waals surface area contributed by atoms with Crippen molar-refractivity contribution in [1.29, 1.82) is 0 Å². The molecule has 1 aromatic carbocycles. The van der Waals surface area contributed by atoms with Gasteiger partial charge in [-0.2, -0.15) is 5.10 Å². The Morgan fingerprint density at radius 2 is 2.00 bits per heavy atom. The number of imidazole rings is 1. The number of H-pyrrole nitrogens is 2. The largest absolute Gasteiger partial charge is 0.367 e. The summed E-state index contributed by atoms with van der Waals surface area (Å²) in [5, 5.41) is 4.06. The molecular formula is C16H20FN7O. The van der Waals surface area contributed by atoms with Gasteiger partial charge in [0.05, 0.1) is 29.8 Å². The Kier molecular flexibility index (Phi) is 4.22. The van der Waals surface area contributed by atoms with E-state index in [0.29, 0.717) is 6.54 Å². The van der Waals surface area contributed by atoms with Crippen LogP contribution in [0.3, 0.4) is 0 Å². The first-order chi connectivity index (χ1) is 12.2. The first kappa shape index (κ1) is 15.8. The summed E-state index contributed by atoms with van der Waals surface area (Å²) in [6, 6.07) is 5.87. The van der Waals surface area contributed by atoms with Crippen molar-refractivity contribution >= 4 is 16.7 Å². The first-order valence-electron chi connectivity index (χ1n) is 8.35. The minimum Gasteiger partial charge on any atom is -0.367 e. The molecule has 0 amide bonds. The van der Waals surface area contributed by atoms with Crippen LogP contribution in [-0.2, 0) is 13.1 Å². The topological polar surface area (TPSA) is 85.8 Å². The lowest BCUT2D eigenvalue weighted by Crippen LogP contribution is -2.46. The van der Waals surface area contributed by atoms with Crippen LogP contribution >= 0.6 is 0 Å². The molecule has 1 saturated heterocycles. The molecule has 0 spiro atoms. The van der Waals surface area contributed by atoms with Crippen molar-refractivity contribution in [2.24, 2.45) is 0 Å². The summed E-state index contributed by atoms with van der Waals surface area (Å²) < 4.78 is 14.2. The van der Waals surface area contributed by atoms with Crippen molar-refractivity contribution in [2.45, 2.75) is 13.1 Å². The molecule has 2 N–H and O–H groups in total. The van der Waals surface area contributed by atoms with Crippen LogP contribution in [0.4, 0.5) is 10.1 Å². The molecule has 3 aromatic rings. The molecule has 25 heavy (non-hydrogen) atoms. The molecule has 1 aliphatic heterocycles. The van der Waals surface area contributed by atoms with E-state index < -0.39 is 6.67 Å². The Balaban J connectivity index is 1.44. The first-order valence-corrected chi connectivity index (χ1v) is 8.35. The smallest absolute Gasteiger partial charge is 0.323 e. The van der Waals surface area contributed by atoms with E-state index in [2.05, 4.69) is 29.9 Å². The summed E-state index contributed by atoms with van der Waals surface area (Å²) >= 11 is 0. The van der Waals surface area contributed by atoms with E-state index in [1.54, 1.807) is 4.68 Å². The number of nitrogens with zero attached hydrogens (tertiary/aromatic N) is 5. The summed E-state index contributed by atoms with van der Waals surface area (Å²) in [5.74, 6) is 0.795. The summed E-state index contributed by atoms with van der Waals surface area (Å²) in [6.45, 7) is 3.91. The fourth-order valence-corrected chi connectivity index (χ4v) is 3.33. The number of para-hydroxylation sites is 1. The maximum absolute atomic E-state index is 12.5.